The molecule has 1 aliphatic heterocycles. The molecule has 9 nitrogen and oxygen atoms in total. The Hall–Kier alpha value is -4.61. The molecule has 0 aliphatic carbocycles. The summed E-state index contributed by atoms with van der Waals surface area (Å²) in [6.45, 7) is 2.49. The predicted octanol–water partition coefficient (Wildman–Crippen LogP) is 4.48. The Kier molecular flexibility index (Phi) is 5.07. The fraction of sp³-hybridized carbons (Fsp3) is 0.200. The topological polar surface area (TPSA) is 104 Å². The molecule has 0 radical (unpaired) electrons. The molecule has 188 valence electrons. The van der Waals surface area contributed by atoms with Crippen LogP contribution in [0.3, 0.4) is 0 Å². The van der Waals surface area contributed by atoms with Crippen LogP contribution in [0.4, 0.5) is 24.7 Å². The third kappa shape index (κ3) is 3.72. The van der Waals surface area contributed by atoms with Crippen LogP contribution in [-0.4, -0.2) is 36.7 Å². The van der Waals surface area contributed by atoms with Crippen molar-refractivity contribution in [2.45, 2.75) is 25.7 Å². The van der Waals surface area contributed by atoms with Crippen LogP contribution >= 0.6 is 0 Å². The fourth-order valence-corrected chi connectivity index (χ4v) is 4.62. The van der Waals surface area contributed by atoms with Gasteiger partial charge in [0.2, 0.25) is 0 Å². The maximum Gasteiger partial charge on any atom is 0.416 e. The summed E-state index contributed by atoms with van der Waals surface area (Å²) < 4.78 is 48.8. The number of hydrogen-bond donors (Lipinski definition) is 1. The Bertz CT molecular complexity index is 1670. The molecule has 0 fully saturated rings. The molecule has 0 saturated carbocycles. The maximum atomic E-state index is 14.0. The number of carbonyl (C=O) groups is 1. The summed E-state index contributed by atoms with van der Waals surface area (Å²) in [7, 11) is 0. The van der Waals surface area contributed by atoms with Gasteiger partial charge in [-0.2, -0.15) is 18.3 Å². The lowest BCUT2D eigenvalue weighted by Gasteiger charge is -2.27. The van der Waals surface area contributed by atoms with E-state index in [1.807, 2.05) is 6.92 Å². The Morgan fingerprint density at radius 2 is 2.03 bits per heavy atom. The molecule has 5 aromatic rings. The number of nitrogens with two attached hydrogens (primary N) is 1. The standard InChI is InChI=1S/C25H20F3N7O2/c1-2-33-11-16(9-31-33)35(21-12-37-22-8-15(25(26,27)28)4-5-17(21)22)24(36)14-3-6-18-19(7-14)34-13-30-10-20(34)23(29)32-18/h3-11,13,21H,2,12H2,1H3,(H2,29,32). The Morgan fingerprint density at radius 1 is 1.19 bits per heavy atom. The number of aromatic nitrogens is 5. The molecule has 0 saturated heterocycles. The van der Waals surface area contributed by atoms with E-state index in [9.17, 15) is 18.0 Å². The van der Waals surface area contributed by atoms with Gasteiger partial charge in [-0.15, -0.1) is 0 Å². The summed E-state index contributed by atoms with van der Waals surface area (Å²) in [4.78, 5) is 24.1. The monoisotopic (exact) mass is 507 g/mol. The molecule has 4 heterocycles. The van der Waals surface area contributed by atoms with Crippen LogP contribution in [0.25, 0.3) is 16.6 Å². The number of rotatable bonds is 4. The van der Waals surface area contributed by atoms with E-state index in [4.69, 9.17) is 10.5 Å². The van der Waals surface area contributed by atoms with E-state index in [0.717, 1.165) is 12.1 Å². The lowest BCUT2D eigenvalue weighted by atomic mass is 10.0. The molecule has 0 bridgehead atoms. The van der Waals surface area contributed by atoms with Gasteiger partial charge in [0.1, 0.15) is 23.7 Å². The second-order valence-corrected chi connectivity index (χ2v) is 8.66. The fourth-order valence-electron chi connectivity index (χ4n) is 4.62. The molecule has 37 heavy (non-hydrogen) atoms. The molecule has 1 unspecified atom stereocenters. The molecular formula is C25H20F3N7O2. The van der Waals surface area contributed by atoms with Gasteiger partial charge in [0.05, 0.1) is 47.0 Å². The Labute approximate surface area is 207 Å². The number of fused-ring (bicyclic) bond motifs is 4. The molecule has 1 atom stereocenters. The summed E-state index contributed by atoms with van der Waals surface area (Å²) in [6.07, 6.45) is 1.95. The number of anilines is 2. The van der Waals surface area contributed by atoms with Crippen LogP contribution in [0.1, 0.15) is 34.5 Å². The van der Waals surface area contributed by atoms with Gasteiger partial charge >= 0.3 is 6.18 Å². The van der Waals surface area contributed by atoms with E-state index in [-0.39, 0.29) is 18.3 Å². The minimum absolute atomic E-state index is 0.00285. The highest BCUT2D eigenvalue weighted by molar-refractivity contribution is 6.08. The van der Waals surface area contributed by atoms with E-state index >= 15 is 0 Å². The van der Waals surface area contributed by atoms with Gasteiger partial charge in [0, 0.05) is 23.9 Å². The molecule has 12 heteroatoms. The second kappa shape index (κ2) is 8.22. The van der Waals surface area contributed by atoms with Gasteiger partial charge in [-0.1, -0.05) is 6.07 Å². The van der Waals surface area contributed by atoms with Crippen LogP contribution in [0.5, 0.6) is 5.75 Å². The molecule has 3 aromatic heterocycles. The number of amides is 1. The van der Waals surface area contributed by atoms with Crippen molar-refractivity contribution >= 4 is 34.0 Å². The van der Waals surface area contributed by atoms with Crippen LogP contribution in [0, 0.1) is 0 Å². The SMILES string of the molecule is CCn1cc(N(C(=O)c2ccc3nc(N)c4cncn4c3c2)C2COc3cc(C(F)(F)F)ccc32)cn1. The van der Waals surface area contributed by atoms with Crippen molar-refractivity contribution in [2.75, 3.05) is 17.2 Å². The summed E-state index contributed by atoms with van der Waals surface area (Å²) in [5.41, 5.74) is 8.37. The van der Waals surface area contributed by atoms with E-state index in [1.165, 1.54) is 11.0 Å². The van der Waals surface area contributed by atoms with Crippen LogP contribution in [0.2, 0.25) is 0 Å². The summed E-state index contributed by atoms with van der Waals surface area (Å²) in [5, 5.41) is 4.30. The number of imidazole rings is 1. The first-order valence-corrected chi connectivity index (χ1v) is 11.5. The first-order chi connectivity index (χ1) is 17.7. The van der Waals surface area contributed by atoms with Crippen molar-refractivity contribution in [2.24, 2.45) is 0 Å². The Balaban J connectivity index is 1.46. The zero-order valence-corrected chi connectivity index (χ0v) is 19.5. The molecule has 1 aliphatic rings. The van der Waals surface area contributed by atoms with Gasteiger partial charge in [0.25, 0.3) is 5.91 Å². The van der Waals surface area contributed by atoms with Crippen LogP contribution in [0.15, 0.2) is 61.3 Å². The van der Waals surface area contributed by atoms with Crippen molar-refractivity contribution < 1.29 is 22.7 Å². The minimum Gasteiger partial charge on any atom is -0.491 e. The maximum absolute atomic E-state index is 14.0. The quantitative estimate of drug-likeness (QED) is 0.385. The van der Waals surface area contributed by atoms with Gasteiger partial charge in [0.15, 0.2) is 0 Å². The van der Waals surface area contributed by atoms with Gasteiger partial charge in [-0.3, -0.25) is 18.8 Å². The average molecular weight is 507 g/mol. The summed E-state index contributed by atoms with van der Waals surface area (Å²) in [5.74, 6) is 0.0402. The summed E-state index contributed by atoms with van der Waals surface area (Å²) >= 11 is 0. The normalized spacial score (nSPS) is 15.2. The molecule has 0 spiro atoms. The third-order valence-electron chi connectivity index (χ3n) is 6.47. The number of alkyl halides is 3. The summed E-state index contributed by atoms with van der Waals surface area (Å²) in [6, 6.07) is 7.70. The first kappa shape index (κ1) is 22.8. The zero-order valence-electron chi connectivity index (χ0n) is 19.5. The highest BCUT2D eigenvalue weighted by Crippen LogP contribution is 2.42. The number of nitrogens with zero attached hydrogens (tertiary/aromatic N) is 6. The molecular weight excluding hydrogens is 487 g/mol. The number of carbonyl (C=O) groups excluding carboxylic acids is 1. The number of benzene rings is 2. The van der Waals surface area contributed by atoms with Crippen molar-refractivity contribution in [3.05, 3.63) is 78.0 Å². The van der Waals surface area contributed by atoms with Gasteiger partial charge in [-0.05, 0) is 37.3 Å². The van der Waals surface area contributed by atoms with Gasteiger partial charge in [-0.25, -0.2) is 9.97 Å². The van der Waals surface area contributed by atoms with Crippen LogP contribution in [-0.2, 0) is 12.7 Å². The van der Waals surface area contributed by atoms with Crippen LogP contribution < -0.4 is 15.4 Å². The second-order valence-electron chi connectivity index (χ2n) is 8.66. The lowest BCUT2D eigenvalue weighted by molar-refractivity contribution is -0.137. The average Bonchev–Trinajstić information content (AvgIpc) is 3.64. The van der Waals surface area contributed by atoms with Crippen molar-refractivity contribution in [1.29, 1.82) is 0 Å². The smallest absolute Gasteiger partial charge is 0.416 e. The number of ether oxygens (including phenoxy) is 1. The molecule has 6 rings (SSSR count). The minimum atomic E-state index is -4.50. The number of halogens is 3. The number of hydrogen-bond acceptors (Lipinski definition) is 6. The van der Waals surface area contributed by atoms with Crippen molar-refractivity contribution in [3.8, 4) is 5.75 Å². The number of nitrogen functional groups attached to an aromatic ring is 1. The van der Waals surface area contributed by atoms with Gasteiger partial charge < -0.3 is 10.5 Å². The van der Waals surface area contributed by atoms with E-state index in [0.29, 0.717) is 45.7 Å². The predicted molar refractivity (Wildman–Crippen MR) is 129 cm³/mol. The highest BCUT2D eigenvalue weighted by atomic mass is 19.4. The molecule has 2 N–H and O–H groups in total. The molecule has 1 amide bonds. The highest BCUT2D eigenvalue weighted by Gasteiger charge is 2.38. The van der Waals surface area contributed by atoms with Crippen molar-refractivity contribution in [1.82, 2.24) is 24.1 Å². The van der Waals surface area contributed by atoms with Crippen molar-refractivity contribution in [3.63, 3.8) is 0 Å². The number of aryl methyl sites for hydroxylation is 1. The van der Waals surface area contributed by atoms with E-state index < -0.39 is 17.8 Å². The zero-order chi connectivity index (χ0) is 25.9. The van der Waals surface area contributed by atoms with E-state index in [1.54, 1.807) is 52.2 Å². The Morgan fingerprint density at radius 3 is 2.78 bits per heavy atom. The molecule has 2 aromatic carbocycles. The third-order valence-corrected chi connectivity index (χ3v) is 6.47. The lowest BCUT2D eigenvalue weighted by Crippen LogP contribution is -2.35. The first-order valence-electron chi connectivity index (χ1n) is 11.5. The largest absolute Gasteiger partial charge is 0.491 e. The van der Waals surface area contributed by atoms with E-state index in [2.05, 4.69) is 15.1 Å².